The number of aromatic nitrogens is 2. The van der Waals surface area contributed by atoms with Crippen LogP contribution in [-0.2, 0) is 10.0 Å². The molecule has 1 aliphatic heterocycles. The van der Waals surface area contributed by atoms with Crippen LogP contribution in [0.2, 0.25) is 0 Å². The number of benzene rings is 2. The molecule has 28 heavy (non-hydrogen) atoms. The highest BCUT2D eigenvalue weighted by molar-refractivity contribution is 7.89. The minimum absolute atomic E-state index is 0.0100. The van der Waals surface area contributed by atoms with Crippen LogP contribution in [-0.4, -0.2) is 42.3 Å². The maximum Gasteiger partial charge on any atom is 0.253 e. The van der Waals surface area contributed by atoms with Crippen LogP contribution < -0.4 is 5.14 Å². The minimum Gasteiger partial charge on any atom is -0.342 e. The van der Waals surface area contributed by atoms with Crippen molar-refractivity contribution in [1.82, 2.24) is 14.9 Å². The number of imidazole rings is 1. The largest absolute Gasteiger partial charge is 0.342 e. The lowest BCUT2D eigenvalue weighted by Crippen LogP contribution is -2.39. The van der Waals surface area contributed by atoms with Gasteiger partial charge in [0.15, 0.2) is 0 Å². The Morgan fingerprint density at radius 1 is 1.25 bits per heavy atom. The number of hydrogen-bond donors (Lipinski definition) is 2. The van der Waals surface area contributed by atoms with Crippen LogP contribution in [0.1, 0.15) is 40.5 Å². The molecule has 0 radical (unpaired) electrons. The summed E-state index contributed by atoms with van der Waals surface area (Å²) in [6.07, 6.45) is 1.81. The van der Waals surface area contributed by atoms with Crippen LogP contribution in [0.15, 0.2) is 47.4 Å². The van der Waals surface area contributed by atoms with Crippen molar-refractivity contribution < 1.29 is 13.2 Å². The van der Waals surface area contributed by atoms with Crippen molar-refractivity contribution >= 4 is 27.0 Å². The summed E-state index contributed by atoms with van der Waals surface area (Å²) in [5, 5.41) is 5.27. The second kappa shape index (κ2) is 7.03. The number of sulfonamides is 1. The average Bonchev–Trinajstić information content (AvgIpc) is 3.11. The molecule has 1 atom stereocenters. The van der Waals surface area contributed by atoms with Gasteiger partial charge < -0.3 is 9.88 Å². The monoisotopic (exact) mass is 398 g/mol. The molecule has 1 aliphatic rings. The lowest BCUT2D eigenvalue weighted by molar-refractivity contribution is 0.0704. The zero-order valence-corrected chi connectivity index (χ0v) is 16.4. The smallest absolute Gasteiger partial charge is 0.253 e. The molecule has 0 bridgehead atoms. The highest BCUT2D eigenvalue weighted by atomic mass is 32.2. The predicted octanol–water partition coefficient (Wildman–Crippen LogP) is 2.54. The number of aromatic amines is 1. The summed E-state index contributed by atoms with van der Waals surface area (Å²) >= 11 is 0. The summed E-state index contributed by atoms with van der Waals surface area (Å²) < 4.78 is 23.5. The first kappa shape index (κ1) is 18.6. The number of nitrogens with one attached hydrogen (secondary N) is 1. The van der Waals surface area contributed by atoms with Gasteiger partial charge in [-0.3, -0.25) is 4.79 Å². The van der Waals surface area contributed by atoms with Crippen LogP contribution in [0, 0.1) is 6.92 Å². The number of rotatable bonds is 3. The number of hydrogen-bond acceptors (Lipinski definition) is 4. The Morgan fingerprint density at radius 3 is 2.79 bits per heavy atom. The van der Waals surface area contributed by atoms with Crippen molar-refractivity contribution in [1.29, 1.82) is 0 Å². The van der Waals surface area contributed by atoms with Crippen LogP contribution in [0.4, 0.5) is 0 Å². The van der Waals surface area contributed by atoms with E-state index in [1.54, 1.807) is 24.0 Å². The van der Waals surface area contributed by atoms with Gasteiger partial charge in [-0.15, -0.1) is 0 Å². The fourth-order valence-electron chi connectivity index (χ4n) is 3.77. The molecule has 2 heterocycles. The molecular weight excluding hydrogens is 376 g/mol. The lowest BCUT2D eigenvalue weighted by Gasteiger charge is -2.32. The summed E-state index contributed by atoms with van der Waals surface area (Å²) in [4.78, 5) is 22.8. The van der Waals surface area contributed by atoms with E-state index < -0.39 is 10.0 Å². The van der Waals surface area contributed by atoms with Crippen molar-refractivity contribution in [2.75, 3.05) is 13.1 Å². The fraction of sp³-hybridized carbons (Fsp3) is 0.300. The van der Waals surface area contributed by atoms with Gasteiger partial charge in [-0.05, 0) is 49.6 Å². The maximum atomic E-state index is 13.0. The van der Waals surface area contributed by atoms with Crippen molar-refractivity contribution in [2.45, 2.75) is 30.6 Å². The van der Waals surface area contributed by atoms with E-state index in [2.05, 4.69) is 9.97 Å². The molecule has 8 heteroatoms. The van der Waals surface area contributed by atoms with E-state index in [9.17, 15) is 13.2 Å². The van der Waals surface area contributed by atoms with E-state index in [-0.39, 0.29) is 16.7 Å². The summed E-state index contributed by atoms with van der Waals surface area (Å²) in [7, 11) is -3.87. The number of aryl methyl sites for hydroxylation is 1. The van der Waals surface area contributed by atoms with Crippen molar-refractivity contribution in [3.8, 4) is 0 Å². The molecule has 0 saturated carbocycles. The van der Waals surface area contributed by atoms with E-state index in [0.717, 1.165) is 29.7 Å². The molecule has 146 valence electrons. The summed E-state index contributed by atoms with van der Waals surface area (Å²) in [5.41, 5.74) is 2.76. The number of amides is 1. The number of H-pyrrole nitrogens is 1. The van der Waals surface area contributed by atoms with Crippen LogP contribution in [0.3, 0.4) is 0 Å². The first-order valence-electron chi connectivity index (χ1n) is 9.20. The van der Waals surface area contributed by atoms with Crippen molar-refractivity contribution in [3.05, 3.63) is 59.4 Å². The molecule has 4 rings (SSSR count). The molecule has 1 saturated heterocycles. The molecule has 1 fully saturated rings. The molecule has 2 aromatic carbocycles. The maximum absolute atomic E-state index is 13.0. The summed E-state index contributed by atoms with van der Waals surface area (Å²) in [6, 6.07) is 12.5. The number of carbonyl (C=O) groups is 1. The second-order valence-corrected chi connectivity index (χ2v) is 8.78. The third-order valence-electron chi connectivity index (χ3n) is 5.24. The third kappa shape index (κ3) is 3.53. The second-order valence-electron chi connectivity index (χ2n) is 7.25. The van der Waals surface area contributed by atoms with Gasteiger partial charge in [0, 0.05) is 24.6 Å². The molecule has 0 aliphatic carbocycles. The van der Waals surface area contributed by atoms with E-state index in [1.165, 1.54) is 6.07 Å². The molecule has 1 aromatic heterocycles. The zero-order valence-electron chi connectivity index (χ0n) is 15.6. The Bertz CT molecular complexity index is 1120. The highest BCUT2D eigenvalue weighted by Gasteiger charge is 2.28. The number of fused-ring (bicyclic) bond motifs is 1. The number of para-hydroxylation sites is 2. The molecule has 3 aromatic rings. The first-order chi connectivity index (χ1) is 13.3. The SMILES string of the molecule is Cc1ccc(C(=O)N2CCC[C@@H](c3nc4ccccc4[nH]3)C2)cc1S(N)(=O)=O. The topological polar surface area (TPSA) is 109 Å². The summed E-state index contributed by atoms with van der Waals surface area (Å²) in [5.74, 6) is 0.812. The summed E-state index contributed by atoms with van der Waals surface area (Å²) in [6.45, 7) is 2.83. The van der Waals surface area contributed by atoms with Gasteiger partial charge in [0.2, 0.25) is 10.0 Å². The Balaban J connectivity index is 1.58. The number of piperidine rings is 1. The van der Waals surface area contributed by atoms with Crippen LogP contribution in [0.25, 0.3) is 11.0 Å². The van der Waals surface area contributed by atoms with Gasteiger partial charge in [0.25, 0.3) is 5.91 Å². The number of nitrogens with zero attached hydrogens (tertiary/aromatic N) is 2. The van der Waals surface area contributed by atoms with E-state index in [4.69, 9.17) is 5.14 Å². The Morgan fingerprint density at radius 2 is 2.04 bits per heavy atom. The van der Waals surface area contributed by atoms with Crippen LogP contribution in [0.5, 0.6) is 0 Å². The van der Waals surface area contributed by atoms with E-state index >= 15 is 0 Å². The van der Waals surface area contributed by atoms with Crippen molar-refractivity contribution in [2.24, 2.45) is 5.14 Å². The Kier molecular flexibility index (Phi) is 4.68. The van der Waals surface area contributed by atoms with Crippen LogP contribution >= 0.6 is 0 Å². The highest BCUT2D eigenvalue weighted by Crippen LogP contribution is 2.28. The van der Waals surface area contributed by atoms with Gasteiger partial charge >= 0.3 is 0 Å². The molecule has 7 nitrogen and oxygen atoms in total. The number of carbonyl (C=O) groups excluding carboxylic acids is 1. The van der Waals surface area contributed by atoms with Gasteiger partial charge in [-0.1, -0.05) is 18.2 Å². The van der Waals surface area contributed by atoms with Crippen molar-refractivity contribution in [3.63, 3.8) is 0 Å². The van der Waals surface area contributed by atoms with E-state index in [1.807, 2.05) is 24.3 Å². The average molecular weight is 398 g/mol. The third-order valence-corrected chi connectivity index (χ3v) is 6.30. The first-order valence-corrected chi connectivity index (χ1v) is 10.7. The fourth-order valence-corrected chi connectivity index (χ4v) is 4.58. The molecule has 0 unspecified atom stereocenters. The normalized spacial score (nSPS) is 17.8. The molecule has 1 amide bonds. The Hall–Kier alpha value is -2.71. The molecular formula is C20H22N4O3S. The molecule has 3 N–H and O–H groups in total. The lowest BCUT2D eigenvalue weighted by atomic mass is 9.96. The van der Waals surface area contributed by atoms with Gasteiger partial charge in [0.1, 0.15) is 5.82 Å². The minimum atomic E-state index is -3.87. The van der Waals surface area contributed by atoms with Gasteiger partial charge in [0.05, 0.1) is 15.9 Å². The van der Waals surface area contributed by atoms with E-state index in [0.29, 0.717) is 24.2 Å². The number of nitrogens with two attached hydrogens (primary N) is 1. The van der Waals surface area contributed by atoms with Gasteiger partial charge in [-0.2, -0.15) is 0 Å². The molecule has 0 spiro atoms. The zero-order chi connectivity index (χ0) is 19.9. The Labute approximate surface area is 163 Å². The quantitative estimate of drug-likeness (QED) is 0.706. The predicted molar refractivity (Wildman–Crippen MR) is 107 cm³/mol. The number of primary sulfonamides is 1. The standard InChI is InChI=1S/C20H22N4O3S/c1-13-8-9-14(11-18(13)28(21,26)27)20(25)24-10-4-5-15(12-24)19-22-16-6-2-3-7-17(16)23-19/h2-3,6-9,11,15H,4-5,10,12H2,1H3,(H,22,23)(H2,21,26,27)/t15-/m1/s1. The van der Waals surface area contributed by atoms with Gasteiger partial charge in [-0.25, -0.2) is 18.5 Å². The number of likely N-dealkylation sites (tertiary alicyclic amines) is 1.